The first-order chi connectivity index (χ1) is 7.86. The van der Waals surface area contributed by atoms with Crippen LogP contribution in [0, 0.1) is 5.92 Å². The van der Waals surface area contributed by atoms with Gasteiger partial charge in [0.15, 0.2) is 0 Å². The third-order valence-corrected chi connectivity index (χ3v) is 2.83. The summed E-state index contributed by atoms with van der Waals surface area (Å²) in [6, 6.07) is 9.59. The van der Waals surface area contributed by atoms with Crippen molar-refractivity contribution in [1.82, 2.24) is 0 Å². The summed E-state index contributed by atoms with van der Waals surface area (Å²) in [6.07, 6.45) is 5.70. The van der Waals surface area contributed by atoms with Crippen LogP contribution in [0.5, 0.6) is 0 Å². The van der Waals surface area contributed by atoms with Gasteiger partial charge in [0, 0.05) is 0 Å². The number of nitrogens with zero attached hydrogens (tertiary/aromatic N) is 1. The summed E-state index contributed by atoms with van der Waals surface area (Å²) in [5.41, 5.74) is 0.932. The van der Waals surface area contributed by atoms with Crippen molar-refractivity contribution in [2.75, 3.05) is 0 Å². The van der Waals surface area contributed by atoms with Crippen LogP contribution in [0.3, 0.4) is 0 Å². The zero-order valence-electron chi connectivity index (χ0n) is 9.13. The Morgan fingerprint density at radius 2 is 1.94 bits per heavy atom. The molecule has 1 aromatic carbocycles. The molecule has 0 atom stereocenters. The number of carbonyl (C=O) groups excluding carboxylic acids is 1. The normalized spacial score (nSPS) is 16.8. The number of hydrogen-bond acceptors (Lipinski definition) is 3. The van der Waals surface area contributed by atoms with Crippen LogP contribution in [-0.4, -0.2) is 12.2 Å². The van der Waals surface area contributed by atoms with Crippen LogP contribution in [0.15, 0.2) is 35.5 Å². The molecule has 84 valence electrons. The molecular formula is C13H15NO2. The van der Waals surface area contributed by atoms with Gasteiger partial charge in [0.05, 0.1) is 12.1 Å². The molecule has 1 fully saturated rings. The number of hydrogen-bond donors (Lipinski definition) is 0. The summed E-state index contributed by atoms with van der Waals surface area (Å²) < 4.78 is 0. The lowest BCUT2D eigenvalue weighted by Gasteiger charge is -2.03. The van der Waals surface area contributed by atoms with Crippen molar-refractivity contribution in [3.8, 4) is 0 Å². The van der Waals surface area contributed by atoms with Gasteiger partial charge in [-0.1, -0.05) is 48.3 Å². The van der Waals surface area contributed by atoms with Crippen LogP contribution in [-0.2, 0) is 9.63 Å². The molecule has 3 heteroatoms. The Kier molecular flexibility index (Phi) is 3.70. The van der Waals surface area contributed by atoms with E-state index in [0.29, 0.717) is 0 Å². The van der Waals surface area contributed by atoms with Crippen molar-refractivity contribution in [2.24, 2.45) is 11.1 Å². The fourth-order valence-corrected chi connectivity index (χ4v) is 1.91. The Labute approximate surface area is 95.1 Å². The molecular weight excluding hydrogens is 202 g/mol. The highest BCUT2D eigenvalue weighted by atomic mass is 16.7. The molecule has 0 N–H and O–H groups in total. The summed E-state index contributed by atoms with van der Waals surface area (Å²) in [6.45, 7) is 0. The highest BCUT2D eigenvalue weighted by Crippen LogP contribution is 2.25. The van der Waals surface area contributed by atoms with E-state index in [9.17, 15) is 4.79 Å². The largest absolute Gasteiger partial charge is 0.338 e. The molecule has 0 radical (unpaired) electrons. The van der Waals surface area contributed by atoms with E-state index in [1.807, 2.05) is 30.3 Å². The number of benzene rings is 1. The molecule has 2 rings (SSSR count). The zero-order chi connectivity index (χ0) is 11.2. The fourth-order valence-electron chi connectivity index (χ4n) is 1.91. The third kappa shape index (κ3) is 2.92. The van der Waals surface area contributed by atoms with Gasteiger partial charge in [0.1, 0.15) is 0 Å². The quantitative estimate of drug-likeness (QED) is 0.443. The molecule has 0 saturated heterocycles. The van der Waals surface area contributed by atoms with Gasteiger partial charge in [0.2, 0.25) is 0 Å². The van der Waals surface area contributed by atoms with Gasteiger partial charge in [-0.05, 0) is 18.4 Å². The van der Waals surface area contributed by atoms with E-state index in [0.717, 1.165) is 31.2 Å². The molecule has 0 spiro atoms. The van der Waals surface area contributed by atoms with Crippen molar-refractivity contribution < 1.29 is 9.63 Å². The second-order valence-electron chi connectivity index (χ2n) is 4.04. The topological polar surface area (TPSA) is 38.7 Å². The maximum absolute atomic E-state index is 11.5. The molecule has 16 heavy (non-hydrogen) atoms. The predicted octanol–water partition coefficient (Wildman–Crippen LogP) is 2.75. The van der Waals surface area contributed by atoms with Gasteiger partial charge in [-0.2, -0.15) is 0 Å². The van der Waals surface area contributed by atoms with Gasteiger partial charge in [-0.3, -0.25) is 0 Å². The minimum Gasteiger partial charge on any atom is -0.318 e. The predicted molar refractivity (Wildman–Crippen MR) is 62.1 cm³/mol. The van der Waals surface area contributed by atoms with Crippen LogP contribution >= 0.6 is 0 Å². The van der Waals surface area contributed by atoms with E-state index >= 15 is 0 Å². The van der Waals surface area contributed by atoms with Crippen molar-refractivity contribution in [1.29, 1.82) is 0 Å². The molecule has 0 aliphatic heterocycles. The Bertz CT molecular complexity index is 367. The molecule has 1 saturated carbocycles. The van der Waals surface area contributed by atoms with Crippen molar-refractivity contribution in [3.63, 3.8) is 0 Å². The maximum Gasteiger partial charge on any atom is 0.338 e. The summed E-state index contributed by atoms with van der Waals surface area (Å²) in [4.78, 5) is 16.4. The molecule has 1 aliphatic carbocycles. The van der Waals surface area contributed by atoms with Crippen molar-refractivity contribution in [3.05, 3.63) is 35.9 Å². The first-order valence-corrected chi connectivity index (χ1v) is 5.65. The fraction of sp³-hybridized carbons (Fsp3) is 0.385. The summed E-state index contributed by atoms with van der Waals surface area (Å²) in [5, 5.41) is 3.71. The smallest absolute Gasteiger partial charge is 0.318 e. The second-order valence-corrected chi connectivity index (χ2v) is 4.04. The number of oxime groups is 1. The average Bonchev–Trinajstić information content (AvgIpc) is 2.84. The molecule has 0 bridgehead atoms. The summed E-state index contributed by atoms with van der Waals surface area (Å²) in [5.74, 6) is -0.127. The minimum atomic E-state index is -0.190. The first-order valence-electron chi connectivity index (χ1n) is 5.65. The van der Waals surface area contributed by atoms with Crippen molar-refractivity contribution >= 4 is 12.2 Å². The summed E-state index contributed by atoms with van der Waals surface area (Å²) in [7, 11) is 0. The van der Waals surface area contributed by atoms with Crippen molar-refractivity contribution in [2.45, 2.75) is 25.7 Å². The average molecular weight is 217 g/mol. The van der Waals surface area contributed by atoms with Crippen LogP contribution in [0.25, 0.3) is 0 Å². The van der Waals surface area contributed by atoms with E-state index in [1.165, 1.54) is 0 Å². The molecule has 1 aromatic rings. The van der Waals surface area contributed by atoms with Gasteiger partial charge in [-0.15, -0.1) is 0 Å². The standard InChI is InChI=1S/C13H15NO2/c15-13(12-8-4-5-9-12)16-14-10-11-6-2-1-3-7-11/h1-3,6-7,10,12H,4-5,8-9H2/b14-10+. The Balaban J connectivity index is 1.82. The van der Waals surface area contributed by atoms with E-state index < -0.39 is 0 Å². The SMILES string of the molecule is O=C(O/N=C/c1ccccc1)C1CCCC1. The van der Waals surface area contributed by atoms with E-state index in [4.69, 9.17) is 4.84 Å². The number of carbonyl (C=O) groups is 1. The Morgan fingerprint density at radius 1 is 1.25 bits per heavy atom. The maximum atomic E-state index is 11.5. The lowest BCUT2D eigenvalue weighted by molar-refractivity contribution is -0.148. The molecule has 3 nitrogen and oxygen atoms in total. The van der Waals surface area contributed by atoms with E-state index in [1.54, 1.807) is 6.21 Å². The van der Waals surface area contributed by atoms with Gasteiger partial charge >= 0.3 is 5.97 Å². The van der Waals surface area contributed by atoms with Gasteiger partial charge in [-0.25, -0.2) is 4.79 Å². The molecule has 0 amide bonds. The van der Waals surface area contributed by atoms with E-state index in [-0.39, 0.29) is 11.9 Å². The number of rotatable bonds is 3. The van der Waals surface area contributed by atoms with Crippen LogP contribution in [0.4, 0.5) is 0 Å². The highest BCUT2D eigenvalue weighted by molar-refractivity contribution is 5.80. The van der Waals surface area contributed by atoms with Crippen LogP contribution < -0.4 is 0 Å². The summed E-state index contributed by atoms with van der Waals surface area (Å²) >= 11 is 0. The minimum absolute atomic E-state index is 0.0629. The monoisotopic (exact) mass is 217 g/mol. The lowest BCUT2D eigenvalue weighted by atomic mass is 10.1. The van der Waals surface area contributed by atoms with Gasteiger partial charge < -0.3 is 4.84 Å². The van der Waals surface area contributed by atoms with Gasteiger partial charge in [0.25, 0.3) is 0 Å². The molecule has 0 heterocycles. The van der Waals surface area contributed by atoms with E-state index in [2.05, 4.69) is 5.16 Å². The molecule has 0 unspecified atom stereocenters. The molecule has 0 aromatic heterocycles. The van der Waals surface area contributed by atoms with Crippen LogP contribution in [0.2, 0.25) is 0 Å². The Hall–Kier alpha value is -1.64. The Morgan fingerprint density at radius 3 is 2.62 bits per heavy atom. The zero-order valence-corrected chi connectivity index (χ0v) is 9.13. The molecule has 1 aliphatic rings. The first kappa shape index (κ1) is 10.9. The lowest BCUT2D eigenvalue weighted by Crippen LogP contribution is -2.11. The third-order valence-electron chi connectivity index (χ3n) is 2.83. The van der Waals surface area contributed by atoms with Crippen LogP contribution in [0.1, 0.15) is 31.2 Å². The second kappa shape index (κ2) is 5.45. The highest BCUT2D eigenvalue weighted by Gasteiger charge is 2.24.